The van der Waals surface area contributed by atoms with Gasteiger partial charge in [0.1, 0.15) is 12.4 Å². The Labute approximate surface area is 125 Å². The Morgan fingerprint density at radius 2 is 2.10 bits per heavy atom. The molecule has 2 rings (SSSR count). The van der Waals surface area contributed by atoms with Gasteiger partial charge in [0.05, 0.1) is 18.2 Å². The summed E-state index contributed by atoms with van der Waals surface area (Å²) in [6, 6.07) is 7.23. The van der Waals surface area contributed by atoms with Gasteiger partial charge in [-0.1, -0.05) is 12.1 Å². The van der Waals surface area contributed by atoms with Crippen molar-refractivity contribution < 1.29 is 14.6 Å². The van der Waals surface area contributed by atoms with Gasteiger partial charge in [-0.2, -0.15) is 0 Å². The zero-order valence-corrected chi connectivity index (χ0v) is 12.9. The number of β-amino-alcohol motifs (C(OH)–C–C–N with tert-alkyl or cyclic N) is 1. The molecule has 0 bridgehead atoms. The van der Waals surface area contributed by atoms with Crippen LogP contribution in [0.3, 0.4) is 0 Å². The third kappa shape index (κ3) is 4.44. The van der Waals surface area contributed by atoms with Crippen molar-refractivity contribution in [2.24, 2.45) is 0 Å². The fourth-order valence-electron chi connectivity index (χ4n) is 2.22. The lowest BCUT2D eigenvalue weighted by atomic mass is 10.1. The van der Waals surface area contributed by atoms with Gasteiger partial charge in [0.15, 0.2) is 0 Å². The average molecular weight is 292 g/mol. The monoisotopic (exact) mass is 292 g/mol. The summed E-state index contributed by atoms with van der Waals surface area (Å²) in [5.41, 5.74) is 0.505. The van der Waals surface area contributed by atoms with Crippen LogP contribution in [0.2, 0.25) is 0 Å². The quantitative estimate of drug-likeness (QED) is 0.877. The fourth-order valence-corrected chi connectivity index (χ4v) is 2.22. The standard InChI is InChI=1S/C16H24N2O3/c1-16(2,3)17-10-12(19)11-18-8-9-21-14-7-5-4-6-13(14)15(18)20/h4-7,12,17,19H,8-11H2,1-3H3. The van der Waals surface area contributed by atoms with Crippen LogP contribution in [0.4, 0.5) is 0 Å². The van der Waals surface area contributed by atoms with Crippen LogP contribution in [0.15, 0.2) is 24.3 Å². The molecule has 0 saturated carbocycles. The molecule has 0 spiro atoms. The number of ether oxygens (including phenoxy) is 1. The van der Waals surface area contributed by atoms with Crippen molar-refractivity contribution in [3.63, 3.8) is 0 Å². The largest absolute Gasteiger partial charge is 0.491 e. The molecule has 5 nitrogen and oxygen atoms in total. The number of nitrogens with one attached hydrogen (secondary N) is 1. The molecule has 1 aromatic carbocycles. The molecule has 0 aromatic heterocycles. The highest BCUT2D eigenvalue weighted by molar-refractivity contribution is 5.97. The summed E-state index contributed by atoms with van der Waals surface area (Å²) in [7, 11) is 0. The average Bonchev–Trinajstić information content (AvgIpc) is 2.57. The summed E-state index contributed by atoms with van der Waals surface area (Å²) in [6.45, 7) is 7.82. The van der Waals surface area contributed by atoms with E-state index in [2.05, 4.69) is 5.32 Å². The molecule has 1 atom stereocenters. The summed E-state index contributed by atoms with van der Waals surface area (Å²) in [4.78, 5) is 14.1. The molecule has 0 fully saturated rings. The van der Waals surface area contributed by atoms with E-state index < -0.39 is 6.10 Å². The van der Waals surface area contributed by atoms with E-state index in [9.17, 15) is 9.90 Å². The molecule has 2 N–H and O–H groups in total. The first-order chi connectivity index (χ1) is 9.87. The molecule has 1 heterocycles. The molecule has 116 valence electrons. The van der Waals surface area contributed by atoms with Gasteiger partial charge >= 0.3 is 0 Å². The number of carbonyl (C=O) groups excluding carboxylic acids is 1. The third-order valence-corrected chi connectivity index (χ3v) is 3.32. The van der Waals surface area contributed by atoms with Crippen molar-refractivity contribution in [3.05, 3.63) is 29.8 Å². The van der Waals surface area contributed by atoms with Crippen LogP contribution in [0.5, 0.6) is 5.75 Å². The van der Waals surface area contributed by atoms with E-state index in [1.165, 1.54) is 0 Å². The lowest BCUT2D eigenvalue weighted by molar-refractivity contribution is 0.0607. The minimum atomic E-state index is -0.599. The molecule has 1 amide bonds. The van der Waals surface area contributed by atoms with Gasteiger partial charge in [-0.05, 0) is 32.9 Å². The molecule has 1 unspecified atom stereocenters. The summed E-state index contributed by atoms with van der Waals surface area (Å²) < 4.78 is 5.59. The maximum absolute atomic E-state index is 12.5. The highest BCUT2D eigenvalue weighted by Gasteiger charge is 2.25. The minimum Gasteiger partial charge on any atom is -0.491 e. The van der Waals surface area contributed by atoms with Crippen LogP contribution in [0.25, 0.3) is 0 Å². The van der Waals surface area contributed by atoms with Crippen LogP contribution in [-0.2, 0) is 0 Å². The number of fused-ring (bicyclic) bond motifs is 1. The molecular weight excluding hydrogens is 268 g/mol. The van der Waals surface area contributed by atoms with E-state index >= 15 is 0 Å². The number of para-hydroxylation sites is 1. The van der Waals surface area contributed by atoms with Gasteiger partial charge < -0.3 is 20.1 Å². The predicted octanol–water partition coefficient (Wildman–Crippen LogP) is 1.27. The number of nitrogens with zero attached hydrogens (tertiary/aromatic N) is 1. The normalized spacial score (nSPS) is 17.0. The van der Waals surface area contributed by atoms with Gasteiger partial charge in [-0.15, -0.1) is 0 Å². The highest BCUT2D eigenvalue weighted by Crippen LogP contribution is 2.22. The summed E-state index contributed by atoms with van der Waals surface area (Å²) in [6.07, 6.45) is -0.599. The van der Waals surface area contributed by atoms with E-state index in [0.717, 1.165) is 0 Å². The maximum atomic E-state index is 12.5. The fraction of sp³-hybridized carbons (Fsp3) is 0.562. The molecular formula is C16H24N2O3. The number of aliphatic hydroxyl groups is 1. The molecule has 1 aliphatic rings. The summed E-state index contributed by atoms with van der Waals surface area (Å²) >= 11 is 0. The molecule has 1 aliphatic heterocycles. The first-order valence-electron chi connectivity index (χ1n) is 7.31. The van der Waals surface area contributed by atoms with E-state index in [-0.39, 0.29) is 11.4 Å². The van der Waals surface area contributed by atoms with Gasteiger partial charge in [0.25, 0.3) is 5.91 Å². The lowest BCUT2D eigenvalue weighted by Crippen LogP contribution is -2.46. The molecule has 21 heavy (non-hydrogen) atoms. The Bertz CT molecular complexity index is 497. The Hall–Kier alpha value is -1.59. The van der Waals surface area contributed by atoms with Crippen LogP contribution in [0.1, 0.15) is 31.1 Å². The lowest BCUT2D eigenvalue weighted by Gasteiger charge is -2.26. The molecule has 5 heteroatoms. The minimum absolute atomic E-state index is 0.0561. The topological polar surface area (TPSA) is 61.8 Å². The van der Waals surface area contributed by atoms with Crippen LogP contribution in [0, 0.1) is 0 Å². The van der Waals surface area contributed by atoms with Gasteiger partial charge in [0, 0.05) is 18.6 Å². The molecule has 0 saturated heterocycles. The van der Waals surface area contributed by atoms with Crippen LogP contribution >= 0.6 is 0 Å². The van der Waals surface area contributed by atoms with Crippen molar-refractivity contribution in [2.75, 3.05) is 26.2 Å². The maximum Gasteiger partial charge on any atom is 0.257 e. The van der Waals surface area contributed by atoms with E-state index in [1.807, 2.05) is 32.9 Å². The van der Waals surface area contributed by atoms with Crippen molar-refractivity contribution in [2.45, 2.75) is 32.4 Å². The van der Waals surface area contributed by atoms with Crippen LogP contribution < -0.4 is 10.1 Å². The second kappa shape index (κ2) is 6.45. The number of hydrogen-bond acceptors (Lipinski definition) is 4. The van der Waals surface area contributed by atoms with Crippen molar-refractivity contribution in [1.29, 1.82) is 0 Å². The number of amides is 1. The summed E-state index contributed by atoms with van der Waals surface area (Å²) in [5, 5.41) is 13.4. The van der Waals surface area contributed by atoms with Crippen molar-refractivity contribution in [1.82, 2.24) is 10.2 Å². The Morgan fingerprint density at radius 1 is 1.38 bits per heavy atom. The third-order valence-electron chi connectivity index (χ3n) is 3.32. The Morgan fingerprint density at radius 3 is 2.81 bits per heavy atom. The Kier molecular flexibility index (Phi) is 4.85. The van der Waals surface area contributed by atoms with Crippen LogP contribution in [-0.4, -0.2) is 53.8 Å². The van der Waals surface area contributed by atoms with Crippen molar-refractivity contribution >= 4 is 5.91 Å². The number of rotatable bonds is 4. The zero-order chi connectivity index (χ0) is 15.5. The zero-order valence-electron chi connectivity index (χ0n) is 12.9. The number of hydrogen-bond donors (Lipinski definition) is 2. The highest BCUT2D eigenvalue weighted by atomic mass is 16.5. The smallest absolute Gasteiger partial charge is 0.257 e. The number of carbonyl (C=O) groups is 1. The first-order valence-corrected chi connectivity index (χ1v) is 7.31. The summed E-state index contributed by atoms with van der Waals surface area (Å²) in [5.74, 6) is 0.533. The second-order valence-corrected chi connectivity index (χ2v) is 6.38. The first kappa shape index (κ1) is 15.8. The predicted molar refractivity (Wildman–Crippen MR) is 81.6 cm³/mol. The molecule has 1 aromatic rings. The second-order valence-electron chi connectivity index (χ2n) is 6.38. The van der Waals surface area contributed by atoms with Gasteiger partial charge in [-0.25, -0.2) is 0 Å². The number of benzene rings is 1. The Balaban J connectivity index is 1.99. The van der Waals surface area contributed by atoms with E-state index in [4.69, 9.17) is 4.74 Å². The SMILES string of the molecule is CC(C)(C)NCC(O)CN1CCOc2ccccc2C1=O. The van der Waals surface area contributed by atoms with E-state index in [1.54, 1.807) is 17.0 Å². The van der Waals surface area contributed by atoms with Gasteiger partial charge in [0.2, 0.25) is 0 Å². The molecule has 0 radical (unpaired) electrons. The van der Waals surface area contributed by atoms with Gasteiger partial charge in [-0.3, -0.25) is 4.79 Å². The molecule has 0 aliphatic carbocycles. The van der Waals surface area contributed by atoms with Crippen molar-refractivity contribution in [3.8, 4) is 5.75 Å². The van der Waals surface area contributed by atoms with E-state index in [0.29, 0.717) is 37.6 Å². The number of aliphatic hydroxyl groups excluding tert-OH is 1.